The summed E-state index contributed by atoms with van der Waals surface area (Å²) in [6.45, 7) is 5.21. The molecule has 3 atom stereocenters. The third-order valence-corrected chi connectivity index (χ3v) is 5.63. The molecule has 0 fully saturated rings. The SMILES string of the molecule is CN[C@@H](C)C(=O)N[C@H](C(=O)N1c2ncccc2C[C@H]1C(=O)Nc1cccc(F)c1F)C(C)C. The second-order valence-corrected chi connectivity index (χ2v) is 8.25. The fourth-order valence-electron chi connectivity index (χ4n) is 3.61. The molecule has 1 aromatic carbocycles. The van der Waals surface area contributed by atoms with Crippen LogP contribution < -0.4 is 20.9 Å². The lowest BCUT2D eigenvalue weighted by Gasteiger charge is -2.31. The molecule has 3 amide bonds. The van der Waals surface area contributed by atoms with Crippen molar-refractivity contribution in [3.05, 3.63) is 53.7 Å². The van der Waals surface area contributed by atoms with Gasteiger partial charge in [-0.05, 0) is 43.7 Å². The minimum atomic E-state index is -1.19. The van der Waals surface area contributed by atoms with E-state index >= 15 is 0 Å². The molecule has 0 radical (unpaired) electrons. The van der Waals surface area contributed by atoms with E-state index in [1.54, 1.807) is 40.0 Å². The maximum atomic E-state index is 14.1. The highest BCUT2D eigenvalue weighted by atomic mass is 19.2. The number of anilines is 2. The van der Waals surface area contributed by atoms with Gasteiger partial charge in [0.15, 0.2) is 11.6 Å². The lowest BCUT2D eigenvalue weighted by molar-refractivity contribution is -0.130. The number of halogens is 2. The molecule has 3 rings (SSSR count). The van der Waals surface area contributed by atoms with Gasteiger partial charge in [-0.3, -0.25) is 19.3 Å². The Morgan fingerprint density at radius 3 is 2.52 bits per heavy atom. The second-order valence-electron chi connectivity index (χ2n) is 8.25. The molecule has 0 spiro atoms. The summed E-state index contributed by atoms with van der Waals surface area (Å²) in [6.07, 6.45) is 1.64. The number of carbonyl (C=O) groups is 3. The van der Waals surface area contributed by atoms with Crippen LogP contribution in [-0.4, -0.2) is 47.9 Å². The van der Waals surface area contributed by atoms with Gasteiger partial charge < -0.3 is 16.0 Å². The van der Waals surface area contributed by atoms with E-state index < -0.39 is 41.6 Å². The first-order chi connectivity index (χ1) is 15.6. The Kier molecular flexibility index (Phi) is 7.37. The third-order valence-electron chi connectivity index (χ3n) is 5.63. The highest BCUT2D eigenvalue weighted by molar-refractivity contribution is 6.09. The molecule has 0 bridgehead atoms. The summed E-state index contributed by atoms with van der Waals surface area (Å²) >= 11 is 0. The monoisotopic (exact) mass is 459 g/mol. The second kappa shape index (κ2) is 10.0. The largest absolute Gasteiger partial charge is 0.343 e. The van der Waals surface area contributed by atoms with Crippen molar-refractivity contribution in [1.29, 1.82) is 0 Å². The van der Waals surface area contributed by atoms with Crippen LogP contribution in [0.15, 0.2) is 36.5 Å². The Balaban J connectivity index is 1.93. The number of aromatic nitrogens is 1. The third kappa shape index (κ3) is 5.00. The first-order valence-corrected chi connectivity index (χ1v) is 10.6. The van der Waals surface area contributed by atoms with E-state index in [-0.39, 0.29) is 23.9 Å². The molecule has 0 aliphatic carbocycles. The van der Waals surface area contributed by atoms with Crippen molar-refractivity contribution in [2.75, 3.05) is 17.3 Å². The quantitative estimate of drug-likeness (QED) is 0.588. The van der Waals surface area contributed by atoms with E-state index in [1.807, 2.05) is 0 Å². The Hall–Kier alpha value is -3.40. The van der Waals surface area contributed by atoms with Crippen LogP contribution in [0.1, 0.15) is 26.3 Å². The van der Waals surface area contributed by atoms with E-state index in [2.05, 4.69) is 20.9 Å². The molecule has 33 heavy (non-hydrogen) atoms. The zero-order valence-electron chi connectivity index (χ0n) is 18.9. The number of carbonyl (C=O) groups excluding carboxylic acids is 3. The zero-order valence-corrected chi connectivity index (χ0v) is 18.9. The molecule has 2 heterocycles. The molecule has 8 nitrogen and oxygen atoms in total. The molecule has 3 N–H and O–H groups in total. The average Bonchev–Trinajstić information content (AvgIpc) is 3.18. The smallest absolute Gasteiger partial charge is 0.251 e. The van der Waals surface area contributed by atoms with Crippen molar-refractivity contribution < 1.29 is 23.2 Å². The molecule has 0 unspecified atom stereocenters. The van der Waals surface area contributed by atoms with Crippen molar-refractivity contribution >= 4 is 29.2 Å². The van der Waals surface area contributed by atoms with Crippen molar-refractivity contribution in [2.45, 2.75) is 45.3 Å². The van der Waals surface area contributed by atoms with Gasteiger partial charge in [0.05, 0.1) is 11.7 Å². The molecule has 0 saturated carbocycles. The van der Waals surface area contributed by atoms with E-state index in [0.29, 0.717) is 11.4 Å². The zero-order chi connectivity index (χ0) is 24.3. The van der Waals surface area contributed by atoms with Crippen molar-refractivity contribution in [3.8, 4) is 0 Å². The summed E-state index contributed by atoms with van der Waals surface area (Å²) in [5.74, 6) is -3.86. The normalized spacial score (nSPS) is 16.8. The van der Waals surface area contributed by atoms with Crippen LogP contribution in [0.2, 0.25) is 0 Å². The fraction of sp³-hybridized carbons (Fsp3) is 0.391. The minimum absolute atomic E-state index is 0.142. The lowest BCUT2D eigenvalue weighted by atomic mass is 10.0. The molecule has 1 aliphatic rings. The predicted octanol–water partition coefficient (Wildman–Crippen LogP) is 2.00. The topological polar surface area (TPSA) is 103 Å². The summed E-state index contributed by atoms with van der Waals surface area (Å²) in [4.78, 5) is 44.7. The van der Waals surface area contributed by atoms with Gasteiger partial charge in [-0.15, -0.1) is 0 Å². The molecule has 2 aromatic rings. The highest BCUT2D eigenvalue weighted by Gasteiger charge is 2.43. The minimum Gasteiger partial charge on any atom is -0.343 e. The van der Waals surface area contributed by atoms with E-state index in [0.717, 1.165) is 6.07 Å². The lowest BCUT2D eigenvalue weighted by Crippen LogP contribution is -2.57. The van der Waals surface area contributed by atoms with Crippen LogP contribution in [-0.2, 0) is 20.8 Å². The van der Waals surface area contributed by atoms with Crippen LogP contribution in [0, 0.1) is 17.6 Å². The number of benzene rings is 1. The molecule has 0 saturated heterocycles. The van der Waals surface area contributed by atoms with Crippen molar-refractivity contribution in [1.82, 2.24) is 15.6 Å². The molecule has 1 aliphatic heterocycles. The standard InChI is InChI=1S/C23H27F2N5O3/c1-12(2)19(29-21(31)13(3)26-4)23(33)30-17(11-14-7-6-10-27-20(14)30)22(32)28-16-9-5-8-15(24)18(16)25/h5-10,12-13,17,19,26H,11H2,1-4H3,(H,28,32)(H,29,31)/t13-,17-,19-/m0/s1. The average molecular weight is 459 g/mol. The number of amides is 3. The summed E-state index contributed by atoms with van der Waals surface area (Å²) in [5, 5.41) is 7.93. The number of fused-ring (bicyclic) bond motifs is 1. The van der Waals surface area contributed by atoms with Crippen LogP contribution >= 0.6 is 0 Å². The summed E-state index contributed by atoms with van der Waals surface area (Å²) in [6, 6.07) is 4.37. The van der Waals surface area contributed by atoms with Crippen molar-refractivity contribution in [2.24, 2.45) is 5.92 Å². The predicted molar refractivity (Wildman–Crippen MR) is 119 cm³/mol. The number of nitrogens with zero attached hydrogens (tertiary/aromatic N) is 2. The van der Waals surface area contributed by atoms with Gasteiger partial charge in [-0.1, -0.05) is 26.0 Å². The number of pyridine rings is 1. The van der Waals surface area contributed by atoms with Crippen LogP contribution in [0.4, 0.5) is 20.3 Å². The highest BCUT2D eigenvalue weighted by Crippen LogP contribution is 2.32. The summed E-state index contributed by atoms with van der Waals surface area (Å²) in [5.41, 5.74) is 0.330. The Labute approximate surface area is 190 Å². The fourth-order valence-corrected chi connectivity index (χ4v) is 3.61. The van der Waals surface area contributed by atoms with Gasteiger partial charge in [-0.25, -0.2) is 13.8 Å². The van der Waals surface area contributed by atoms with Gasteiger partial charge in [0.2, 0.25) is 11.8 Å². The Morgan fingerprint density at radius 1 is 1.12 bits per heavy atom. The van der Waals surface area contributed by atoms with Gasteiger partial charge in [0.25, 0.3) is 5.91 Å². The number of hydrogen-bond acceptors (Lipinski definition) is 5. The molecular formula is C23H27F2N5O3. The molecule has 10 heteroatoms. The maximum absolute atomic E-state index is 14.1. The van der Waals surface area contributed by atoms with Gasteiger partial charge in [-0.2, -0.15) is 0 Å². The number of nitrogens with one attached hydrogen (secondary N) is 3. The van der Waals surface area contributed by atoms with E-state index in [9.17, 15) is 23.2 Å². The van der Waals surface area contributed by atoms with Gasteiger partial charge in [0, 0.05) is 12.6 Å². The molecule has 1 aromatic heterocycles. The number of likely N-dealkylation sites (N-methyl/N-ethyl adjacent to an activating group) is 1. The van der Waals surface area contributed by atoms with Crippen LogP contribution in [0.5, 0.6) is 0 Å². The summed E-state index contributed by atoms with van der Waals surface area (Å²) in [7, 11) is 1.63. The summed E-state index contributed by atoms with van der Waals surface area (Å²) < 4.78 is 27.7. The maximum Gasteiger partial charge on any atom is 0.251 e. The van der Waals surface area contributed by atoms with Gasteiger partial charge in [0.1, 0.15) is 17.9 Å². The molecular weight excluding hydrogens is 432 g/mol. The number of rotatable bonds is 7. The van der Waals surface area contributed by atoms with Crippen molar-refractivity contribution in [3.63, 3.8) is 0 Å². The Morgan fingerprint density at radius 2 is 1.85 bits per heavy atom. The van der Waals surface area contributed by atoms with E-state index in [4.69, 9.17) is 0 Å². The first kappa shape index (κ1) is 24.2. The van der Waals surface area contributed by atoms with Crippen LogP contribution in [0.3, 0.4) is 0 Å². The first-order valence-electron chi connectivity index (χ1n) is 10.6. The van der Waals surface area contributed by atoms with Crippen LogP contribution in [0.25, 0.3) is 0 Å². The Bertz CT molecular complexity index is 1060. The molecule has 176 valence electrons. The van der Waals surface area contributed by atoms with Gasteiger partial charge >= 0.3 is 0 Å². The number of hydrogen-bond donors (Lipinski definition) is 3. The van der Waals surface area contributed by atoms with E-state index in [1.165, 1.54) is 23.2 Å².